The van der Waals surface area contributed by atoms with Gasteiger partial charge in [0.05, 0.1) is 27.4 Å². The SMILES string of the molecule is COc1ccc(S(=O)(=O)NC[C@@H](c2ccc3c(c2)CCN3C)N2CCOCC2)c(OC)c1. The molecule has 1 N–H and O–H groups in total. The fourth-order valence-electron chi connectivity index (χ4n) is 4.40. The number of hydrogen-bond acceptors (Lipinski definition) is 7. The van der Waals surface area contributed by atoms with Crippen molar-refractivity contribution in [1.29, 1.82) is 0 Å². The topological polar surface area (TPSA) is 80.3 Å². The van der Waals surface area contributed by atoms with E-state index in [-0.39, 0.29) is 23.2 Å². The number of fused-ring (bicyclic) bond motifs is 1. The minimum absolute atomic E-state index is 0.0888. The Kier molecular flexibility index (Phi) is 6.90. The van der Waals surface area contributed by atoms with Crippen molar-refractivity contribution < 1.29 is 22.6 Å². The molecule has 2 aromatic carbocycles. The Balaban J connectivity index is 1.59. The first-order valence-corrected chi connectivity index (χ1v) is 12.3. The summed E-state index contributed by atoms with van der Waals surface area (Å²) in [6, 6.07) is 11.1. The molecule has 9 heteroatoms. The highest BCUT2D eigenvalue weighted by Gasteiger charge is 2.28. The molecular weight excluding hydrogens is 430 g/mol. The van der Waals surface area contributed by atoms with Crippen molar-refractivity contribution in [3.8, 4) is 11.5 Å². The molecule has 2 aliphatic heterocycles. The standard InChI is InChI=1S/C23H31N3O5S/c1-25-9-8-18-14-17(4-6-20(18)25)21(26-10-12-31-13-11-26)16-24-32(27,28)23-7-5-19(29-2)15-22(23)30-3/h4-7,14-15,21,24H,8-13,16H2,1-3H3/t21-/m0/s1. The van der Waals surface area contributed by atoms with E-state index in [0.29, 0.717) is 19.0 Å². The van der Waals surface area contributed by atoms with E-state index in [9.17, 15) is 8.42 Å². The molecule has 0 amide bonds. The monoisotopic (exact) mass is 461 g/mol. The largest absolute Gasteiger partial charge is 0.497 e. The maximum absolute atomic E-state index is 13.2. The van der Waals surface area contributed by atoms with Crippen molar-refractivity contribution in [2.24, 2.45) is 0 Å². The van der Waals surface area contributed by atoms with Crippen LogP contribution in [0.25, 0.3) is 0 Å². The summed E-state index contributed by atoms with van der Waals surface area (Å²) in [6.45, 7) is 4.06. The Bertz CT molecular complexity index is 1050. The van der Waals surface area contributed by atoms with Crippen molar-refractivity contribution in [1.82, 2.24) is 9.62 Å². The second kappa shape index (κ2) is 9.66. The summed E-state index contributed by atoms with van der Waals surface area (Å²) in [5.41, 5.74) is 3.67. The highest BCUT2D eigenvalue weighted by atomic mass is 32.2. The van der Waals surface area contributed by atoms with Crippen LogP contribution in [0.1, 0.15) is 17.2 Å². The second-order valence-electron chi connectivity index (χ2n) is 8.09. The number of nitrogens with zero attached hydrogens (tertiary/aromatic N) is 2. The fraction of sp³-hybridized carbons (Fsp3) is 0.478. The van der Waals surface area contributed by atoms with Crippen LogP contribution >= 0.6 is 0 Å². The lowest BCUT2D eigenvalue weighted by Crippen LogP contribution is -2.43. The molecule has 1 fully saturated rings. The van der Waals surface area contributed by atoms with Crippen molar-refractivity contribution in [2.75, 3.05) is 65.6 Å². The maximum atomic E-state index is 13.2. The third-order valence-electron chi connectivity index (χ3n) is 6.23. The Hall–Kier alpha value is -2.33. The molecule has 4 rings (SSSR count). The average Bonchev–Trinajstić information content (AvgIpc) is 3.19. The van der Waals surface area contributed by atoms with E-state index in [1.807, 2.05) is 0 Å². The molecule has 0 spiro atoms. The van der Waals surface area contributed by atoms with E-state index < -0.39 is 10.0 Å². The van der Waals surface area contributed by atoms with Gasteiger partial charge in [-0.2, -0.15) is 0 Å². The first-order chi connectivity index (χ1) is 15.4. The van der Waals surface area contributed by atoms with Gasteiger partial charge in [0.1, 0.15) is 16.4 Å². The summed E-state index contributed by atoms with van der Waals surface area (Å²) in [6.07, 6.45) is 1.00. The summed E-state index contributed by atoms with van der Waals surface area (Å²) < 4.78 is 45.2. The van der Waals surface area contributed by atoms with Gasteiger partial charge in [0, 0.05) is 51.0 Å². The van der Waals surface area contributed by atoms with Crippen molar-refractivity contribution in [2.45, 2.75) is 17.4 Å². The van der Waals surface area contributed by atoms with E-state index in [4.69, 9.17) is 14.2 Å². The van der Waals surface area contributed by atoms with Crippen LogP contribution < -0.4 is 19.1 Å². The van der Waals surface area contributed by atoms with Gasteiger partial charge in [0.2, 0.25) is 10.0 Å². The predicted molar refractivity (Wildman–Crippen MR) is 123 cm³/mol. The lowest BCUT2D eigenvalue weighted by atomic mass is 10.0. The van der Waals surface area contributed by atoms with Crippen LogP contribution in [0.2, 0.25) is 0 Å². The molecule has 2 aromatic rings. The number of anilines is 1. The summed E-state index contributed by atoms with van der Waals surface area (Å²) in [4.78, 5) is 4.64. The summed E-state index contributed by atoms with van der Waals surface area (Å²) in [7, 11) is 1.29. The number of hydrogen-bond donors (Lipinski definition) is 1. The number of benzene rings is 2. The van der Waals surface area contributed by atoms with Crippen molar-refractivity contribution >= 4 is 15.7 Å². The summed E-state index contributed by atoms with van der Waals surface area (Å²) in [5.74, 6) is 0.787. The van der Waals surface area contributed by atoms with Crippen LogP contribution in [0.4, 0.5) is 5.69 Å². The lowest BCUT2D eigenvalue weighted by molar-refractivity contribution is 0.0172. The van der Waals surface area contributed by atoms with E-state index in [2.05, 4.69) is 39.8 Å². The number of sulfonamides is 1. The van der Waals surface area contributed by atoms with Gasteiger partial charge in [-0.15, -0.1) is 0 Å². The molecular formula is C23H31N3O5S. The van der Waals surface area contributed by atoms with E-state index in [1.165, 1.54) is 31.5 Å². The van der Waals surface area contributed by atoms with Crippen LogP contribution in [0.5, 0.6) is 11.5 Å². The minimum atomic E-state index is -3.79. The molecule has 0 aliphatic carbocycles. The van der Waals surface area contributed by atoms with Gasteiger partial charge in [-0.25, -0.2) is 13.1 Å². The van der Waals surface area contributed by atoms with Gasteiger partial charge in [-0.3, -0.25) is 4.90 Å². The van der Waals surface area contributed by atoms with Crippen molar-refractivity contribution in [3.63, 3.8) is 0 Å². The molecule has 0 unspecified atom stereocenters. The quantitative estimate of drug-likeness (QED) is 0.644. The molecule has 0 radical (unpaired) electrons. The van der Waals surface area contributed by atoms with Crippen LogP contribution in [0, 0.1) is 0 Å². The van der Waals surface area contributed by atoms with Crippen molar-refractivity contribution in [3.05, 3.63) is 47.5 Å². The number of methoxy groups -OCH3 is 2. The summed E-state index contributed by atoms with van der Waals surface area (Å²) >= 11 is 0. The maximum Gasteiger partial charge on any atom is 0.244 e. The molecule has 174 valence electrons. The van der Waals surface area contributed by atoms with Crippen LogP contribution in [0.3, 0.4) is 0 Å². The second-order valence-corrected chi connectivity index (χ2v) is 9.83. The third-order valence-corrected chi connectivity index (χ3v) is 7.69. The molecule has 8 nitrogen and oxygen atoms in total. The Labute approximate surface area is 190 Å². The number of nitrogens with one attached hydrogen (secondary N) is 1. The van der Waals surface area contributed by atoms with Gasteiger partial charge in [-0.1, -0.05) is 12.1 Å². The molecule has 1 atom stereocenters. The smallest absolute Gasteiger partial charge is 0.244 e. The molecule has 2 aliphatic rings. The zero-order valence-corrected chi connectivity index (χ0v) is 19.7. The van der Waals surface area contributed by atoms with E-state index >= 15 is 0 Å². The highest BCUT2D eigenvalue weighted by molar-refractivity contribution is 7.89. The Morgan fingerprint density at radius 1 is 1.06 bits per heavy atom. The first-order valence-electron chi connectivity index (χ1n) is 10.8. The first kappa shape index (κ1) is 22.8. The van der Waals surface area contributed by atoms with Gasteiger partial charge in [-0.05, 0) is 35.7 Å². The number of ether oxygens (including phenoxy) is 3. The molecule has 0 bridgehead atoms. The Morgan fingerprint density at radius 2 is 1.84 bits per heavy atom. The van der Waals surface area contributed by atoms with Gasteiger partial charge in [0.15, 0.2) is 0 Å². The van der Waals surface area contributed by atoms with E-state index in [0.717, 1.165) is 31.6 Å². The average molecular weight is 462 g/mol. The molecule has 0 aromatic heterocycles. The van der Waals surface area contributed by atoms with Crippen LogP contribution in [-0.2, 0) is 21.2 Å². The number of rotatable bonds is 8. The minimum Gasteiger partial charge on any atom is -0.497 e. The van der Waals surface area contributed by atoms with Crippen LogP contribution in [0.15, 0.2) is 41.3 Å². The predicted octanol–water partition coefficient (Wildman–Crippen LogP) is 2.05. The fourth-order valence-corrected chi connectivity index (χ4v) is 5.59. The molecule has 1 saturated heterocycles. The van der Waals surface area contributed by atoms with Gasteiger partial charge < -0.3 is 19.1 Å². The Morgan fingerprint density at radius 3 is 2.56 bits per heavy atom. The van der Waals surface area contributed by atoms with Crippen LogP contribution in [-0.4, -0.2) is 74.0 Å². The number of likely N-dealkylation sites (N-methyl/N-ethyl adjacent to an activating group) is 1. The van der Waals surface area contributed by atoms with Gasteiger partial charge >= 0.3 is 0 Å². The highest BCUT2D eigenvalue weighted by Crippen LogP contribution is 2.32. The molecule has 32 heavy (non-hydrogen) atoms. The zero-order valence-electron chi connectivity index (χ0n) is 18.8. The van der Waals surface area contributed by atoms with E-state index in [1.54, 1.807) is 12.1 Å². The molecule has 0 saturated carbocycles. The van der Waals surface area contributed by atoms with Gasteiger partial charge in [0.25, 0.3) is 0 Å². The normalized spacial score (nSPS) is 17.8. The zero-order chi connectivity index (χ0) is 22.7. The number of morpholine rings is 1. The lowest BCUT2D eigenvalue weighted by Gasteiger charge is -2.35. The summed E-state index contributed by atoms with van der Waals surface area (Å²) in [5, 5.41) is 0. The third kappa shape index (κ3) is 4.71. The molecule has 2 heterocycles.